The van der Waals surface area contributed by atoms with E-state index in [1.54, 1.807) is 17.5 Å². The number of ketones is 3. The van der Waals surface area contributed by atoms with E-state index in [0.717, 1.165) is 190 Å². The predicted octanol–water partition coefficient (Wildman–Crippen LogP) is 16.0. The number of benzene rings is 7. The summed E-state index contributed by atoms with van der Waals surface area (Å²) in [7, 11) is 0. The number of pyridine rings is 1. The van der Waals surface area contributed by atoms with E-state index in [9.17, 15) is 14.4 Å². The van der Waals surface area contributed by atoms with Crippen molar-refractivity contribution in [3.05, 3.63) is 250 Å². The zero-order valence-corrected chi connectivity index (χ0v) is 61.9. The minimum Gasteiger partial charge on any atom is -0.398 e. The largest absolute Gasteiger partial charge is 0.398 e. The third-order valence-electron chi connectivity index (χ3n) is 22.3. The van der Waals surface area contributed by atoms with E-state index in [4.69, 9.17) is 36.4 Å². The zero-order valence-electron chi connectivity index (χ0n) is 61.1. The van der Waals surface area contributed by atoms with Crippen LogP contribution in [0.15, 0.2) is 200 Å². The van der Waals surface area contributed by atoms with E-state index >= 15 is 0 Å². The number of nitrogens with two attached hydrogens (primary N) is 3. The molecular weight excluding hydrogens is 1350 g/mol. The molecule has 3 saturated heterocycles. The Labute approximate surface area is 630 Å². The lowest BCUT2D eigenvalue weighted by Crippen LogP contribution is -2.38. The lowest BCUT2D eigenvalue weighted by atomic mass is 9.95. The molecule has 3 aliphatic carbocycles. The van der Waals surface area contributed by atoms with Gasteiger partial charge in [0.2, 0.25) is 0 Å². The Morgan fingerprint density at radius 3 is 1.26 bits per heavy atom. The van der Waals surface area contributed by atoms with E-state index in [1.807, 2.05) is 91.0 Å². The summed E-state index contributed by atoms with van der Waals surface area (Å²) in [6.45, 7) is 16.8. The summed E-state index contributed by atoms with van der Waals surface area (Å²) in [5.41, 5.74) is 38.8. The molecule has 17 heteroatoms. The van der Waals surface area contributed by atoms with Crippen molar-refractivity contribution in [2.45, 2.75) is 95.2 Å². The number of hydrogen-bond donors (Lipinski definition) is 3. The Morgan fingerprint density at radius 2 is 0.822 bits per heavy atom. The molecule has 12 aromatic rings. The van der Waals surface area contributed by atoms with Gasteiger partial charge in [-0.05, 0) is 208 Å². The first kappa shape index (κ1) is 71.4. The predicted molar refractivity (Wildman–Crippen MR) is 432 cm³/mol. The van der Waals surface area contributed by atoms with Crippen molar-refractivity contribution < 1.29 is 28.6 Å². The summed E-state index contributed by atoms with van der Waals surface area (Å²) in [5, 5.41) is 5.45. The van der Waals surface area contributed by atoms with E-state index in [0.29, 0.717) is 53.2 Å². The highest BCUT2D eigenvalue weighted by Gasteiger charge is 2.32. The first-order valence-corrected chi connectivity index (χ1v) is 39.4. The number of aromatic nitrogens is 4. The number of fused-ring (bicyclic) bond motifs is 3. The molecule has 3 saturated carbocycles. The van der Waals surface area contributed by atoms with Crippen LogP contribution in [-0.4, -0.2) is 149 Å². The number of ether oxygens (including phenoxy) is 3. The van der Waals surface area contributed by atoms with Crippen molar-refractivity contribution in [1.82, 2.24) is 33.4 Å². The number of rotatable bonds is 24. The van der Waals surface area contributed by atoms with Crippen LogP contribution >= 0.6 is 11.3 Å². The van der Waals surface area contributed by atoms with Crippen molar-refractivity contribution in [3.8, 4) is 32.7 Å². The molecule has 6 aliphatic rings. The average Bonchev–Trinajstić information content (AvgIpc) is 1.65. The monoisotopic (exact) mass is 1440 g/mol. The zero-order chi connectivity index (χ0) is 72.7. The third kappa shape index (κ3) is 17.1. The Bertz CT molecular complexity index is 5130. The molecule has 18 rings (SSSR count). The molecule has 548 valence electrons. The summed E-state index contributed by atoms with van der Waals surface area (Å²) in [6, 6.07) is 59.5. The summed E-state index contributed by atoms with van der Waals surface area (Å²) in [4.78, 5) is 53.7. The summed E-state index contributed by atoms with van der Waals surface area (Å²) in [5.74, 6) is 2.03. The maximum atomic E-state index is 13.5. The van der Waals surface area contributed by atoms with Crippen molar-refractivity contribution in [2.24, 2.45) is 0 Å². The third-order valence-corrected chi connectivity index (χ3v) is 23.2. The quantitative estimate of drug-likeness (QED) is 0.0382. The maximum absolute atomic E-state index is 13.5. The lowest BCUT2D eigenvalue weighted by molar-refractivity contribution is 0.0364. The van der Waals surface area contributed by atoms with Crippen molar-refractivity contribution >= 4 is 78.6 Å². The molecule has 8 heterocycles. The molecule has 6 N–H and O–H groups in total. The maximum Gasteiger partial charge on any atom is 0.168 e. The van der Waals surface area contributed by atoms with Gasteiger partial charge in [-0.1, -0.05) is 84.9 Å². The molecule has 0 bridgehead atoms. The molecule has 5 aromatic heterocycles. The molecule has 6 fully saturated rings. The van der Waals surface area contributed by atoms with Crippen LogP contribution in [0.3, 0.4) is 0 Å². The van der Waals surface area contributed by atoms with Gasteiger partial charge in [0, 0.05) is 177 Å². The number of nitrogen functional groups attached to an aromatic ring is 3. The van der Waals surface area contributed by atoms with Gasteiger partial charge in [0.25, 0.3) is 0 Å². The summed E-state index contributed by atoms with van der Waals surface area (Å²) < 4.78 is 23.6. The van der Waals surface area contributed by atoms with Gasteiger partial charge in [-0.15, -0.1) is 11.3 Å². The summed E-state index contributed by atoms with van der Waals surface area (Å²) >= 11 is 1.70. The fraction of sp³-hybridized carbons (Fsp3) is 0.333. The molecule has 0 unspecified atom stereocenters. The van der Waals surface area contributed by atoms with Crippen molar-refractivity contribution in [1.29, 1.82) is 0 Å². The van der Waals surface area contributed by atoms with Crippen LogP contribution in [0, 0.1) is 0 Å². The van der Waals surface area contributed by atoms with Gasteiger partial charge in [-0.2, -0.15) is 0 Å². The number of carbonyl (C=O) groups is 3. The fourth-order valence-electron chi connectivity index (χ4n) is 15.7. The Hall–Kier alpha value is -9.82. The highest BCUT2D eigenvalue weighted by atomic mass is 32.1. The second-order valence-electron chi connectivity index (χ2n) is 29.8. The van der Waals surface area contributed by atoms with Crippen LogP contribution in [0.5, 0.6) is 0 Å². The number of carbonyl (C=O) groups excluding carboxylic acids is 3. The van der Waals surface area contributed by atoms with E-state index in [1.165, 1.54) is 76.6 Å². The molecule has 7 aromatic carbocycles. The second kappa shape index (κ2) is 32.7. The van der Waals surface area contributed by atoms with Gasteiger partial charge in [0.1, 0.15) is 5.65 Å². The molecule has 0 radical (unpaired) electrons. The van der Waals surface area contributed by atoms with Gasteiger partial charge in [-0.3, -0.25) is 29.1 Å². The number of Topliss-reactive ketones (excluding diaryl/α,β-unsaturated/α-hetero) is 3. The standard InChI is InChI=1S/C31H33N3O2.C30H32N4O2.C29H31N3O2S/c32-29-9-8-24(22-4-2-1-3-5-22)18-26(29)21-30(35)27-19-25-10-11-34(13-12-33-14-16-36-17-15-33)31(25)28(20-27)23-6-7-23;31-27-9-8-23(21-4-2-1-3-5-21)16-24(27)19-29(35)26-17-25-18-28(22-6-7-22)34(30(25)32-20-26)11-10-33-12-14-36-15-13-33;30-26-6-5-21(28-2-1-15-35-28)16-23(26)19-27(33)24-17-22-7-8-32(10-9-31-11-13-34-14-12-31)29(22)25(18-24)20-3-4-20/h1-5,8-11,18-20,23H,6-7,12-17,21,32H2;1-5,8-9,16-18,20,22H,6-7,10-15,19,31H2;1-2,5-8,15-18,20H,3-4,9-14,19,30H2. The number of nitrogens with zero attached hydrogens (tertiary/aromatic N) is 7. The molecule has 0 atom stereocenters. The molecule has 16 nitrogen and oxygen atoms in total. The molecular formula is C90H96N10O6S. The number of morpholine rings is 3. The highest BCUT2D eigenvalue weighted by Crippen LogP contribution is 2.46. The first-order valence-electron chi connectivity index (χ1n) is 38.5. The average molecular weight is 1450 g/mol. The molecule has 0 spiro atoms. The highest BCUT2D eigenvalue weighted by molar-refractivity contribution is 7.13. The smallest absolute Gasteiger partial charge is 0.168 e. The van der Waals surface area contributed by atoms with Crippen LogP contribution < -0.4 is 17.2 Å². The minimum absolute atomic E-state index is 0.0374. The van der Waals surface area contributed by atoms with Crippen LogP contribution in [0.25, 0.3) is 65.5 Å². The first-order chi connectivity index (χ1) is 52.5. The minimum atomic E-state index is 0.0374. The Balaban J connectivity index is 0.000000123. The Kier molecular flexibility index (Phi) is 21.8. The van der Waals surface area contributed by atoms with Crippen molar-refractivity contribution in [2.75, 3.05) is 116 Å². The second-order valence-corrected chi connectivity index (χ2v) is 30.8. The topological polar surface area (TPSA) is 194 Å². The van der Waals surface area contributed by atoms with Gasteiger partial charge < -0.3 is 45.1 Å². The summed E-state index contributed by atoms with van der Waals surface area (Å²) in [6.07, 6.45) is 14.3. The Morgan fingerprint density at radius 1 is 0.402 bits per heavy atom. The fourth-order valence-corrected chi connectivity index (χ4v) is 16.4. The number of thiophene rings is 1. The van der Waals surface area contributed by atoms with Gasteiger partial charge >= 0.3 is 0 Å². The van der Waals surface area contributed by atoms with Crippen molar-refractivity contribution in [3.63, 3.8) is 0 Å². The lowest BCUT2D eigenvalue weighted by Gasteiger charge is -2.27. The van der Waals surface area contributed by atoms with Gasteiger partial charge in [0.05, 0.1) is 50.7 Å². The molecule has 107 heavy (non-hydrogen) atoms. The molecule has 3 aliphatic heterocycles. The SMILES string of the molecule is Nc1ccc(-c2ccccc2)cc1CC(=O)c1cc(C2CC2)c2c(ccn2CCN2CCOCC2)c1.Nc1ccc(-c2ccccc2)cc1CC(=O)c1cnc2c(c1)cc(C1CC1)n2CCN1CCOCC1.Nc1ccc(-c2cccs2)cc1CC(=O)c1cc(C2CC2)c2c(ccn2CCN2CCOCC2)c1. The molecule has 0 amide bonds. The number of anilines is 3. The van der Waals surface area contributed by atoms with Crippen LogP contribution in [0.1, 0.15) is 121 Å². The van der Waals surface area contributed by atoms with E-state index in [2.05, 4.69) is 131 Å². The van der Waals surface area contributed by atoms with Gasteiger partial charge in [0.15, 0.2) is 17.3 Å². The van der Waals surface area contributed by atoms with Crippen LogP contribution in [0.4, 0.5) is 17.1 Å². The number of hydrogen-bond acceptors (Lipinski definition) is 14. The van der Waals surface area contributed by atoms with Gasteiger partial charge in [-0.25, -0.2) is 4.98 Å². The van der Waals surface area contributed by atoms with Crippen LogP contribution in [0.2, 0.25) is 0 Å². The van der Waals surface area contributed by atoms with E-state index < -0.39 is 0 Å². The normalized spacial score (nSPS) is 16.5. The van der Waals surface area contributed by atoms with E-state index in [-0.39, 0.29) is 23.8 Å². The van der Waals surface area contributed by atoms with Crippen LogP contribution in [-0.2, 0) is 53.1 Å².